The van der Waals surface area contributed by atoms with Crippen LogP contribution in [0.15, 0.2) is 149 Å². The van der Waals surface area contributed by atoms with Crippen LogP contribution >= 0.6 is 29.9 Å². The number of hydrogen-bond acceptors (Lipinski definition) is 4. The maximum atomic E-state index is 6.77. The summed E-state index contributed by atoms with van der Waals surface area (Å²) in [5, 5.41) is 5.23. The molecular formula is C50H51O2OsPS2+. The Morgan fingerprint density at radius 1 is 0.696 bits per heavy atom. The first-order valence-electron chi connectivity index (χ1n) is 19.7. The van der Waals surface area contributed by atoms with Gasteiger partial charge in [-0.15, -0.1) is 0 Å². The molecule has 2 heterocycles. The Labute approximate surface area is 352 Å². The Bertz CT molecular complexity index is 2190. The molecule has 0 spiro atoms. The van der Waals surface area contributed by atoms with Gasteiger partial charge in [-0.05, 0) is 13.0 Å². The first-order chi connectivity index (χ1) is 27.3. The van der Waals surface area contributed by atoms with E-state index in [1.165, 1.54) is 75.0 Å². The summed E-state index contributed by atoms with van der Waals surface area (Å²) in [6.07, 6.45) is 17.1. The fourth-order valence-corrected chi connectivity index (χ4v) is 16.2. The third-order valence-electron chi connectivity index (χ3n) is 10.3. The third kappa shape index (κ3) is 8.26. The van der Waals surface area contributed by atoms with Crippen LogP contribution in [0, 0.1) is 4.37 Å². The van der Waals surface area contributed by atoms with Gasteiger partial charge in [-0.1, -0.05) is 6.08 Å². The number of fused-ring (bicyclic) bond motifs is 2. The van der Waals surface area contributed by atoms with E-state index in [9.17, 15) is 0 Å². The van der Waals surface area contributed by atoms with Crippen molar-refractivity contribution in [3.63, 3.8) is 0 Å². The minimum atomic E-state index is -2.41. The zero-order chi connectivity index (χ0) is 39.2. The van der Waals surface area contributed by atoms with E-state index in [-0.39, 0.29) is 24.4 Å². The predicted octanol–water partition coefficient (Wildman–Crippen LogP) is 13.0. The molecule has 1 fully saturated rings. The van der Waals surface area contributed by atoms with Crippen LogP contribution in [0.3, 0.4) is 0 Å². The molecule has 0 aliphatic heterocycles. The summed E-state index contributed by atoms with van der Waals surface area (Å²) >= 11 is 5.51. The van der Waals surface area contributed by atoms with E-state index in [1.54, 1.807) is 0 Å². The summed E-state index contributed by atoms with van der Waals surface area (Å²) in [6, 6.07) is 38.2. The molecule has 0 saturated heterocycles. The average Bonchev–Trinajstić information content (AvgIpc) is 3.97. The molecule has 2 unspecified atom stereocenters. The molecule has 0 amide bonds. The van der Waals surface area contributed by atoms with Crippen LogP contribution < -0.4 is 15.9 Å². The van der Waals surface area contributed by atoms with Gasteiger partial charge in [0.2, 0.25) is 0 Å². The normalized spacial score (nSPS) is 19.0. The number of rotatable bonds is 12. The van der Waals surface area contributed by atoms with Gasteiger partial charge < -0.3 is 0 Å². The molecule has 2 aliphatic carbocycles. The Morgan fingerprint density at radius 2 is 1.16 bits per heavy atom. The van der Waals surface area contributed by atoms with E-state index in [2.05, 4.69) is 185 Å². The minimum absolute atomic E-state index is 0.0767. The van der Waals surface area contributed by atoms with Gasteiger partial charge in [0.1, 0.15) is 0 Å². The Hall–Kier alpha value is -3.47. The standard InChI is InChI=1S/C50H51O2PS2.Os/c1-8-20-43-32-45-47(51-34(3)4)50-46(48(49(45)54-43)52-35(5)6)33-44(55-50)30-29-38(31-39-22-19-21-37(39)9-2)36(7)53(40-23-13-10-14-24-40,41-25-15-11-16-26-41)42-27-17-12-18-28-42;/h8-18,20,23-35,47-48H,19,21-22H2,1-6H3;/q+1;/b20-8+,30-29+,37-9?,38-36?,39-31?;. The second-order valence-electron chi connectivity index (χ2n) is 14.8. The van der Waals surface area contributed by atoms with Gasteiger partial charge in [0.05, 0.1) is 0 Å². The van der Waals surface area contributed by atoms with E-state index in [0.717, 1.165) is 12.8 Å². The molecule has 56 heavy (non-hydrogen) atoms. The van der Waals surface area contributed by atoms with E-state index in [0.29, 0.717) is 0 Å². The van der Waals surface area contributed by atoms with Crippen molar-refractivity contribution in [1.82, 2.24) is 0 Å². The molecule has 0 bridgehead atoms. The Kier molecular flexibility index (Phi) is 13.4. The molecule has 0 radical (unpaired) electrons. The summed E-state index contributed by atoms with van der Waals surface area (Å²) in [6.45, 7) is 12.8. The molecule has 2 atom stereocenters. The van der Waals surface area contributed by atoms with Crippen molar-refractivity contribution in [1.29, 1.82) is 0 Å². The molecular weight excluding hydrogens is 918 g/mol. The zero-order valence-corrected chi connectivity index (χ0v) is 38.2. The van der Waals surface area contributed by atoms with E-state index >= 15 is 0 Å². The fourth-order valence-electron chi connectivity index (χ4n) is 8.06. The predicted molar refractivity (Wildman–Crippen MR) is 240 cm³/mol. The molecule has 2 nitrogen and oxygen atoms in total. The van der Waals surface area contributed by atoms with Crippen molar-refractivity contribution >= 4 is 58.0 Å². The molecule has 7 rings (SSSR count). The Morgan fingerprint density at radius 3 is 1.59 bits per heavy atom. The first-order valence-corrected chi connectivity index (χ1v) is 24.4. The number of ether oxygens (including phenoxy) is 2. The van der Waals surface area contributed by atoms with Gasteiger partial charge >= 0.3 is 336 Å². The van der Waals surface area contributed by atoms with Gasteiger partial charge in [-0.3, -0.25) is 0 Å². The van der Waals surface area contributed by atoms with E-state index < -0.39 is 7.26 Å². The van der Waals surface area contributed by atoms with Crippen molar-refractivity contribution in [2.24, 2.45) is 0 Å². The number of allylic oxidation sites excluding steroid dienone is 8. The van der Waals surface area contributed by atoms with Crippen LogP contribution in [0.4, 0.5) is 0 Å². The number of thiophene rings is 2. The van der Waals surface area contributed by atoms with E-state index in [1.807, 2.05) is 40.6 Å². The molecule has 2 aliphatic rings. The van der Waals surface area contributed by atoms with Crippen LogP contribution in [-0.2, 0) is 27.4 Å². The molecule has 1 saturated carbocycles. The van der Waals surface area contributed by atoms with Crippen LogP contribution in [0.25, 0.3) is 12.2 Å². The van der Waals surface area contributed by atoms with Crippen molar-refractivity contribution < 1.29 is 27.4 Å². The van der Waals surface area contributed by atoms with Crippen molar-refractivity contribution in [3.8, 4) is 4.37 Å². The summed E-state index contributed by atoms with van der Waals surface area (Å²) < 4.78 is 17.5. The van der Waals surface area contributed by atoms with Crippen LogP contribution in [0.1, 0.15) is 104 Å². The van der Waals surface area contributed by atoms with Crippen molar-refractivity contribution in [2.75, 3.05) is 0 Å². The summed E-state index contributed by atoms with van der Waals surface area (Å²) in [4.78, 5) is 4.93. The van der Waals surface area contributed by atoms with Crippen LogP contribution in [0.5, 0.6) is 0 Å². The van der Waals surface area contributed by atoms with Gasteiger partial charge in [-0.2, -0.15) is 0 Å². The molecule has 3 aromatic carbocycles. The topological polar surface area (TPSA) is 18.5 Å². The SMILES string of the molecule is CC=C1CCCC1=CC(/C=C/c1cc2c(s1)C(OC(C)C)c1cc(/C=C/C)sc1C2OC(C)C)=C([C]#[Os])[P+](c1ccccc1)(c1ccccc1)c1ccccc1. The third-order valence-corrected chi connectivity index (χ3v) is 18.1. The van der Waals surface area contributed by atoms with Crippen LogP contribution in [-0.4, -0.2) is 12.2 Å². The molecule has 0 N–H and O–H groups in total. The van der Waals surface area contributed by atoms with Gasteiger partial charge in [0.25, 0.3) is 0 Å². The second kappa shape index (κ2) is 18.4. The van der Waals surface area contributed by atoms with Gasteiger partial charge in [-0.25, -0.2) is 0 Å². The zero-order valence-electron chi connectivity index (χ0n) is 33.1. The van der Waals surface area contributed by atoms with Gasteiger partial charge in [0, 0.05) is 0 Å². The first kappa shape index (κ1) is 40.7. The van der Waals surface area contributed by atoms with Crippen molar-refractivity contribution in [3.05, 3.63) is 180 Å². The van der Waals surface area contributed by atoms with Gasteiger partial charge in [0.15, 0.2) is 0 Å². The number of hydrogen-bond donors (Lipinski definition) is 0. The Balaban J connectivity index is 1.47. The fraction of sp³-hybridized carbons (Fsp3) is 0.260. The molecule has 5 aromatic rings. The van der Waals surface area contributed by atoms with Crippen LogP contribution in [0.2, 0.25) is 0 Å². The monoisotopic (exact) mass is 970 g/mol. The summed E-state index contributed by atoms with van der Waals surface area (Å²) in [7, 11) is -2.41. The molecule has 2 aromatic heterocycles. The molecule has 6 heteroatoms. The number of benzene rings is 3. The molecule has 287 valence electrons. The second-order valence-corrected chi connectivity index (χ2v) is 21.0. The summed E-state index contributed by atoms with van der Waals surface area (Å²) in [5.74, 6) is 0. The van der Waals surface area contributed by atoms with E-state index in [4.69, 9.17) is 9.47 Å². The quantitative estimate of drug-likeness (QED) is 0.0916. The average molecular weight is 969 g/mol. The van der Waals surface area contributed by atoms with Crippen molar-refractivity contribution in [2.45, 2.75) is 85.2 Å². The summed E-state index contributed by atoms with van der Waals surface area (Å²) in [5.41, 5.74) is 6.56. The maximum absolute atomic E-state index is 6.77.